The zero-order chi connectivity index (χ0) is 9.84. The summed E-state index contributed by atoms with van der Waals surface area (Å²) in [5, 5.41) is 0. The highest BCUT2D eigenvalue weighted by molar-refractivity contribution is 7.99. The van der Waals surface area contributed by atoms with E-state index in [1.165, 1.54) is 11.8 Å². The highest BCUT2D eigenvalue weighted by atomic mass is 32.2. The summed E-state index contributed by atoms with van der Waals surface area (Å²) >= 11 is 1.54. The molecule has 1 aliphatic rings. The minimum atomic E-state index is -0.712. The third-order valence-corrected chi connectivity index (χ3v) is 4.13. The van der Waals surface area contributed by atoms with E-state index in [2.05, 4.69) is 0 Å². The number of hydrogen-bond acceptors (Lipinski definition) is 3. The van der Waals surface area contributed by atoms with Crippen molar-refractivity contribution in [2.75, 3.05) is 30.1 Å². The summed E-state index contributed by atoms with van der Waals surface area (Å²) in [4.78, 5) is 13.4. The summed E-state index contributed by atoms with van der Waals surface area (Å²) in [5.41, 5.74) is 0. The maximum atomic E-state index is 11.5. The third-order valence-electron chi connectivity index (χ3n) is 2.11. The van der Waals surface area contributed by atoms with Gasteiger partial charge in [0.25, 0.3) is 0 Å². The molecule has 0 aromatic carbocycles. The number of carbonyl (C=O) groups excluding carboxylic acids is 1. The van der Waals surface area contributed by atoms with Crippen molar-refractivity contribution in [1.82, 2.24) is 4.90 Å². The Morgan fingerprint density at radius 1 is 1.69 bits per heavy atom. The lowest BCUT2D eigenvalue weighted by molar-refractivity contribution is -0.129. The monoisotopic (exact) mass is 221 g/mol. The molecule has 2 unspecified atom stereocenters. The molecule has 76 valence electrons. The number of rotatable bonds is 2. The number of nitrogens with zero attached hydrogens (tertiary/aromatic N) is 1. The van der Waals surface area contributed by atoms with Gasteiger partial charge < -0.3 is 4.90 Å². The van der Waals surface area contributed by atoms with E-state index in [1.54, 1.807) is 0 Å². The van der Waals surface area contributed by atoms with E-state index in [-0.39, 0.29) is 11.9 Å². The molecule has 2 atom stereocenters. The van der Waals surface area contributed by atoms with Crippen molar-refractivity contribution in [3.8, 4) is 0 Å². The first-order valence-corrected chi connectivity index (χ1v) is 7.16. The van der Waals surface area contributed by atoms with Crippen LogP contribution in [-0.2, 0) is 15.6 Å². The van der Waals surface area contributed by atoms with Crippen LogP contribution in [0.5, 0.6) is 0 Å². The van der Waals surface area contributed by atoms with Gasteiger partial charge in [0.2, 0.25) is 5.91 Å². The Morgan fingerprint density at radius 3 is 2.92 bits per heavy atom. The van der Waals surface area contributed by atoms with Crippen molar-refractivity contribution in [2.45, 2.75) is 13.0 Å². The summed E-state index contributed by atoms with van der Waals surface area (Å²) in [7, 11) is -0.712. The number of hydrogen-bond donors (Lipinski definition) is 0. The number of amides is 1. The minimum absolute atomic E-state index is 0.147. The molecule has 0 aliphatic carbocycles. The van der Waals surface area contributed by atoms with Crippen LogP contribution in [0.3, 0.4) is 0 Å². The normalized spacial score (nSPS) is 28.9. The van der Waals surface area contributed by atoms with Gasteiger partial charge in [0.05, 0.1) is 5.75 Å². The van der Waals surface area contributed by atoms with Gasteiger partial charge in [-0.2, -0.15) is 11.8 Å². The molecule has 0 spiro atoms. The number of thioether (sulfide) groups is 1. The minimum Gasteiger partial charge on any atom is -0.337 e. The van der Waals surface area contributed by atoms with E-state index in [0.717, 1.165) is 0 Å². The third kappa shape index (κ3) is 2.98. The van der Waals surface area contributed by atoms with E-state index in [0.29, 0.717) is 23.8 Å². The molecule has 5 heteroatoms. The van der Waals surface area contributed by atoms with E-state index < -0.39 is 10.8 Å². The zero-order valence-electron chi connectivity index (χ0n) is 7.99. The fourth-order valence-corrected chi connectivity index (χ4v) is 3.14. The highest BCUT2D eigenvalue weighted by Gasteiger charge is 2.25. The highest BCUT2D eigenvalue weighted by Crippen LogP contribution is 2.10. The van der Waals surface area contributed by atoms with Crippen molar-refractivity contribution in [1.29, 1.82) is 0 Å². The van der Waals surface area contributed by atoms with Crippen LogP contribution in [0, 0.1) is 0 Å². The van der Waals surface area contributed by atoms with Crippen molar-refractivity contribution in [3.63, 3.8) is 0 Å². The predicted octanol–water partition coefficient (Wildman–Crippen LogP) is 0.329. The molecule has 1 rings (SSSR count). The van der Waals surface area contributed by atoms with Gasteiger partial charge in [0.1, 0.15) is 0 Å². The van der Waals surface area contributed by atoms with Crippen LogP contribution in [0.2, 0.25) is 0 Å². The fourth-order valence-electron chi connectivity index (χ4n) is 1.44. The van der Waals surface area contributed by atoms with Gasteiger partial charge in [-0.3, -0.25) is 9.00 Å². The van der Waals surface area contributed by atoms with Crippen LogP contribution in [0.4, 0.5) is 0 Å². The molecule has 1 amide bonds. The molecule has 13 heavy (non-hydrogen) atoms. The molecule has 1 heterocycles. The lowest BCUT2D eigenvalue weighted by atomic mass is 10.3. The second-order valence-electron chi connectivity index (χ2n) is 3.18. The molecule has 1 aliphatic heterocycles. The van der Waals surface area contributed by atoms with E-state index in [9.17, 15) is 9.00 Å². The molecular formula is C8H15NO2S2. The maximum absolute atomic E-state index is 11.5. The fraction of sp³-hybridized carbons (Fsp3) is 0.875. The van der Waals surface area contributed by atoms with Crippen LogP contribution in [-0.4, -0.2) is 51.1 Å². The van der Waals surface area contributed by atoms with Crippen molar-refractivity contribution >= 4 is 28.5 Å². The Balaban J connectivity index is 2.50. The van der Waals surface area contributed by atoms with Gasteiger partial charge in [-0.15, -0.1) is 0 Å². The van der Waals surface area contributed by atoms with Crippen LogP contribution in [0.15, 0.2) is 0 Å². The Kier molecular flexibility index (Phi) is 4.25. The van der Waals surface area contributed by atoms with Gasteiger partial charge in [0, 0.05) is 34.9 Å². The Hall–Kier alpha value is -0.0300. The second kappa shape index (κ2) is 5.00. The van der Waals surface area contributed by atoms with Crippen molar-refractivity contribution < 1.29 is 9.00 Å². The first kappa shape index (κ1) is 11.0. The lowest BCUT2D eigenvalue weighted by Crippen LogP contribution is -2.48. The largest absolute Gasteiger partial charge is 0.337 e. The quantitative estimate of drug-likeness (QED) is 0.674. The molecular weight excluding hydrogens is 206 g/mol. The van der Waals surface area contributed by atoms with Crippen molar-refractivity contribution in [3.05, 3.63) is 0 Å². The Morgan fingerprint density at radius 2 is 2.38 bits per heavy atom. The average Bonchev–Trinajstić information content (AvgIpc) is 2.04. The molecule has 0 bridgehead atoms. The Bertz CT molecular complexity index is 220. The van der Waals surface area contributed by atoms with Crippen LogP contribution >= 0.6 is 11.8 Å². The molecule has 0 saturated carbocycles. The van der Waals surface area contributed by atoms with Gasteiger partial charge in [0.15, 0.2) is 0 Å². The summed E-state index contributed by atoms with van der Waals surface area (Å²) in [6.07, 6.45) is 1.92. The summed E-state index contributed by atoms with van der Waals surface area (Å²) < 4.78 is 11.2. The van der Waals surface area contributed by atoms with Gasteiger partial charge in [-0.25, -0.2) is 0 Å². The summed E-state index contributed by atoms with van der Waals surface area (Å²) in [5.74, 6) is 2.00. The smallest absolute Gasteiger partial charge is 0.232 e. The zero-order valence-corrected chi connectivity index (χ0v) is 9.62. The standard InChI is InChI=1S/C8H15NO2S2/c1-7-6-13(11)4-3-9(7)8(10)5-12-2/h7H,3-6H2,1-2H3. The van der Waals surface area contributed by atoms with Crippen LogP contribution in [0.1, 0.15) is 6.92 Å². The SMILES string of the molecule is CSCC(=O)N1CCS(=O)CC1C. The topological polar surface area (TPSA) is 37.4 Å². The molecule has 0 N–H and O–H groups in total. The van der Waals surface area contributed by atoms with Gasteiger partial charge in [-0.1, -0.05) is 0 Å². The number of carbonyl (C=O) groups is 1. The average molecular weight is 221 g/mol. The van der Waals surface area contributed by atoms with E-state index >= 15 is 0 Å². The summed E-state index contributed by atoms with van der Waals surface area (Å²) in [6, 6.07) is 0.147. The van der Waals surface area contributed by atoms with Crippen LogP contribution < -0.4 is 0 Å². The molecule has 1 fully saturated rings. The lowest BCUT2D eigenvalue weighted by Gasteiger charge is -2.32. The predicted molar refractivity (Wildman–Crippen MR) is 57.4 cm³/mol. The van der Waals surface area contributed by atoms with Gasteiger partial charge >= 0.3 is 0 Å². The molecule has 1 saturated heterocycles. The molecule has 0 aromatic rings. The van der Waals surface area contributed by atoms with E-state index in [4.69, 9.17) is 0 Å². The molecule has 0 aromatic heterocycles. The van der Waals surface area contributed by atoms with Gasteiger partial charge in [-0.05, 0) is 13.2 Å². The Labute approximate surface area is 85.7 Å². The second-order valence-corrected chi connectivity index (χ2v) is 5.67. The van der Waals surface area contributed by atoms with Crippen molar-refractivity contribution in [2.24, 2.45) is 0 Å². The summed E-state index contributed by atoms with van der Waals surface area (Å²) in [6.45, 7) is 2.63. The first-order valence-electron chi connectivity index (χ1n) is 4.28. The van der Waals surface area contributed by atoms with E-state index in [1.807, 2.05) is 18.1 Å². The maximum Gasteiger partial charge on any atom is 0.232 e. The molecule has 0 radical (unpaired) electrons. The first-order chi connectivity index (χ1) is 6.15. The van der Waals surface area contributed by atoms with Crippen LogP contribution in [0.25, 0.3) is 0 Å². The molecule has 3 nitrogen and oxygen atoms in total.